The fourth-order valence-corrected chi connectivity index (χ4v) is 3.34. The van der Waals surface area contributed by atoms with E-state index in [2.05, 4.69) is 20.9 Å². The van der Waals surface area contributed by atoms with Gasteiger partial charge in [0.05, 0.1) is 13.7 Å². The van der Waals surface area contributed by atoms with Crippen LogP contribution in [0.3, 0.4) is 0 Å². The highest BCUT2D eigenvalue weighted by atomic mass is 16.5. The second-order valence-electron chi connectivity index (χ2n) is 7.01. The number of ether oxygens (including phenoxy) is 2. The van der Waals surface area contributed by atoms with Crippen molar-refractivity contribution >= 4 is 11.9 Å². The van der Waals surface area contributed by atoms with Crippen LogP contribution in [0.2, 0.25) is 0 Å². The monoisotopic (exact) mass is 390 g/mol. The molecule has 7 nitrogen and oxygen atoms in total. The molecule has 1 aromatic rings. The van der Waals surface area contributed by atoms with Gasteiger partial charge in [0.2, 0.25) is 5.91 Å². The number of nitrogens with zero attached hydrogens (tertiary/aromatic N) is 1. The van der Waals surface area contributed by atoms with Crippen LogP contribution in [0.25, 0.3) is 0 Å². The zero-order valence-corrected chi connectivity index (χ0v) is 17.1. The van der Waals surface area contributed by atoms with Crippen molar-refractivity contribution in [2.75, 3.05) is 40.4 Å². The minimum atomic E-state index is 0.157. The maximum Gasteiger partial charge on any atom is 0.220 e. The lowest BCUT2D eigenvalue weighted by molar-refractivity contribution is -0.122. The van der Waals surface area contributed by atoms with E-state index in [1.165, 1.54) is 32.1 Å². The van der Waals surface area contributed by atoms with E-state index < -0.39 is 0 Å². The highest BCUT2D eigenvalue weighted by Crippen LogP contribution is 2.25. The van der Waals surface area contributed by atoms with Gasteiger partial charge in [-0.3, -0.25) is 9.79 Å². The molecule has 0 bridgehead atoms. The summed E-state index contributed by atoms with van der Waals surface area (Å²) in [6.07, 6.45) is 6.91. The van der Waals surface area contributed by atoms with Crippen molar-refractivity contribution in [3.8, 4) is 11.5 Å². The van der Waals surface area contributed by atoms with Crippen molar-refractivity contribution in [3.05, 3.63) is 24.3 Å². The van der Waals surface area contributed by atoms with Gasteiger partial charge in [0.15, 0.2) is 5.96 Å². The molecule has 1 aliphatic carbocycles. The highest BCUT2D eigenvalue weighted by molar-refractivity contribution is 5.79. The van der Waals surface area contributed by atoms with Gasteiger partial charge >= 0.3 is 0 Å². The zero-order valence-electron chi connectivity index (χ0n) is 17.1. The fraction of sp³-hybridized carbons (Fsp3) is 0.619. The van der Waals surface area contributed by atoms with Crippen LogP contribution < -0.4 is 25.4 Å². The number of carbonyl (C=O) groups is 1. The molecule has 0 aliphatic heterocycles. The molecule has 1 fully saturated rings. The van der Waals surface area contributed by atoms with E-state index in [0.717, 1.165) is 11.5 Å². The Kier molecular flexibility index (Phi) is 10.0. The molecular weight excluding hydrogens is 356 g/mol. The number of rotatable bonds is 10. The van der Waals surface area contributed by atoms with Gasteiger partial charge in [-0.05, 0) is 43.0 Å². The Morgan fingerprint density at radius 3 is 2.32 bits per heavy atom. The third-order valence-corrected chi connectivity index (χ3v) is 4.88. The van der Waals surface area contributed by atoms with Gasteiger partial charge in [-0.2, -0.15) is 0 Å². The van der Waals surface area contributed by atoms with Crippen LogP contribution in [0, 0.1) is 5.92 Å². The molecule has 1 aliphatic rings. The summed E-state index contributed by atoms with van der Waals surface area (Å²) < 4.78 is 10.8. The van der Waals surface area contributed by atoms with Crippen LogP contribution in [-0.4, -0.2) is 52.3 Å². The molecule has 0 unspecified atom stereocenters. The zero-order chi connectivity index (χ0) is 20.0. The molecule has 0 saturated heterocycles. The van der Waals surface area contributed by atoms with Gasteiger partial charge in [-0.1, -0.05) is 19.3 Å². The van der Waals surface area contributed by atoms with E-state index >= 15 is 0 Å². The van der Waals surface area contributed by atoms with Gasteiger partial charge in [0.25, 0.3) is 0 Å². The molecular formula is C21H34N4O3. The van der Waals surface area contributed by atoms with Gasteiger partial charge in [0, 0.05) is 26.6 Å². The number of aliphatic imine (C=N–C) groups is 1. The van der Waals surface area contributed by atoms with Crippen molar-refractivity contribution in [2.45, 2.75) is 38.5 Å². The lowest BCUT2D eigenvalue weighted by Gasteiger charge is -2.20. The number of hydrogen-bond acceptors (Lipinski definition) is 4. The van der Waals surface area contributed by atoms with Crippen molar-refractivity contribution < 1.29 is 14.3 Å². The van der Waals surface area contributed by atoms with E-state index in [0.29, 0.717) is 44.5 Å². The molecule has 28 heavy (non-hydrogen) atoms. The number of carbonyl (C=O) groups excluding carboxylic acids is 1. The maximum absolute atomic E-state index is 12.0. The summed E-state index contributed by atoms with van der Waals surface area (Å²) >= 11 is 0. The van der Waals surface area contributed by atoms with Crippen LogP contribution in [0.5, 0.6) is 11.5 Å². The van der Waals surface area contributed by atoms with Gasteiger partial charge < -0.3 is 25.4 Å². The Morgan fingerprint density at radius 1 is 1.00 bits per heavy atom. The largest absolute Gasteiger partial charge is 0.497 e. The third kappa shape index (κ3) is 8.50. The smallest absolute Gasteiger partial charge is 0.220 e. The minimum Gasteiger partial charge on any atom is -0.497 e. The predicted molar refractivity (Wildman–Crippen MR) is 112 cm³/mol. The molecule has 0 heterocycles. The third-order valence-electron chi connectivity index (χ3n) is 4.88. The van der Waals surface area contributed by atoms with Crippen molar-refractivity contribution in [3.63, 3.8) is 0 Å². The molecule has 0 spiro atoms. The van der Waals surface area contributed by atoms with E-state index in [1.54, 1.807) is 14.2 Å². The molecule has 1 saturated carbocycles. The number of hydrogen-bond donors (Lipinski definition) is 3. The lowest BCUT2D eigenvalue weighted by Crippen LogP contribution is -2.42. The number of methoxy groups -OCH3 is 1. The first-order valence-corrected chi connectivity index (χ1v) is 10.2. The van der Waals surface area contributed by atoms with Crippen molar-refractivity contribution in [1.29, 1.82) is 0 Å². The Bertz CT molecular complexity index is 598. The van der Waals surface area contributed by atoms with Crippen LogP contribution in [-0.2, 0) is 4.79 Å². The van der Waals surface area contributed by atoms with E-state index in [4.69, 9.17) is 9.47 Å². The van der Waals surface area contributed by atoms with Crippen LogP contribution >= 0.6 is 0 Å². The molecule has 1 aromatic carbocycles. The first-order chi connectivity index (χ1) is 13.7. The van der Waals surface area contributed by atoms with Gasteiger partial charge in [-0.25, -0.2) is 0 Å². The molecule has 0 atom stereocenters. The topological polar surface area (TPSA) is 84.0 Å². The summed E-state index contributed by atoms with van der Waals surface area (Å²) in [4.78, 5) is 16.2. The van der Waals surface area contributed by atoms with Crippen LogP contribution in [0.15, 0.2) is 29.3 Å². The summed E-state index contributed by atoms with van der Waals surface area (Å²) in [5.41, 5.74) is 0. The average Bonchev–Trinajstić information content (AvgIpc) is 2.73. The molecule has 2 rings (SSSR count). The van der Waals surface area contributed by atoms with Crippen LogP contribution in [0.1, 0.15) is 38.5 Å². The summed E-state index contributed by atoms with van der Waals surface area (Å²) in [6.45, 7) is 2.37. The summed E-state index contributed by atoms with van der Waals surface area (Å²) in [5.74, 6) is 3.03. The summed E-state index contributed by atoms with van der Waals surface area (Å²) in [5, 5.41) is 9.38. The van der Waals surface area contributed by atoms with Crippen molar-refractivity contribution in [1.82, 2.24) is 16.0 Å². The molecule has 3 N–H and O–H groups in total. The minimum absolute atomic E-state index is 0.157. The maximum atomic E-state index is 12.0. The van der Waals surface area contributed by atoms with E-state index in [9.17, 15) is 4.79 Å². The fourth-order valence-electron chi connectivity index (χ4n) is 3.34. The molecule has 1 amide bonds. The number of benzene rings is 1. The average molecular weight is 391 g/mol. The van der Waals surface area contributed by atoms with Crippen molar-refractivity contribution in [2.24, 2.45) is 10.9 Å². The Morgan fingerprint density at radius 2 is 1.64 bits per heavy atom. The number of amides is 1. The first kappa shape index (κ1) is 21.9. The molecule has 0 aromatic heterocycles. The van der Waals surface area contributed by atoms with E-state index in [1.807, 2.05) is 24.3 Å². The van der Waals surface area contributed by atoms with Crippen LogP contribution in [0.4, 0.5) is 0 Å². The van der Waals surface area contributed by atoms with E-state index in [-0.39, 0.29) is 5.91 Å². The quantitative estimate of drug-likeness (QED) is 0.324. The summed E-state index contributed by atoms with van der Waals surface area (Å²) in [6, 6.07) is 7.49. The first-order valence-electron chi connectivity index (χ1n) is 10.2. The normalized spacial score (nSPS) is 15.0. The predicted octanol–water partition coefficient (Wildman–Crippen LogP) is 2.33. The Labute approximate surface area is 168 Å². The lowest BCUT2D eigenvalue weighted by atomic mass is 9.87. The molecule has 156 valence electrons. The SMILES string of the molecule is CN=C(NCCNC(=O)CC1CCCCC1)NCCOc1ccc(OC)cc1. The summed E-state index contributed by atoms with van der Waals surface area (Å²) in [7, 11) is 3.36. The van der Waals surface area contributed by atoms with Gasteiger partial charge in [0.1, 0.15) is 18.1 Å². The highest BCUT2D eigenvalue weighted by Gasteiger charge is 2.16. The second kappa shape index (κ2) is 12.9. The number of guanidine groups is 1. The second-order valence-corrected chi connectivity index (χ2v) is 7.01. The standard InChI is InChI=1S/C21H34N4O3/c1-22-21(25-14-15-28-19-10-8-18(27-2)9-11-19)24-13-12-23-20(26)16-17-6-4-3-5-7-17/h8-11,17H,3-7,12-16H2,1-2H3,(H,23,26)(H2,22,24,25). The molecule has 0 radical (unpaired) electrons. The number of nitrogens with one attached hydrogen (secondary N) is 3. The Hall–Kier alpha value is -2.44. The van der Waals surface area contributed by atoms with Gasteiger partial charge in [-0.15, -0.1) is 0 Å². The molecule has 7 heteroatoms. The Balaban J connectivity index is 1.52.